The van der Waals surface area contributed by atoms with E-state index >= 15 is 0 Å². The monoisotopic (exact) mass is 223 g/mol. The Kier molecular flexibility index (Phi) is 4.40. The zero-order valence-electron chi connectivity index (χ0n) is 10.2. The lowest BCUT2D eigenvalue weighted by Gasteiger charge is -2.25. The molecule has 0 saturated carbocycles. The normalized spacial score (nSPS) is 11.7. The van der Waals surface area contributed by atoms with Crippen LogP contribution in [0.25, 0.3) is 0 Å². The molecule has 16 heavy (non-hydrogen) atoms. The smallest absolute Gasteiger partial charge is 0.123 e. The van der Waals surface area contributed by atoms with Crippen LogP contribution in [-0.4, -0.2) is 17.1 Å². The molecule has 1 aromatic rings. The lowest BCUT2D eigenvalue weighted by atomic mass is 10.3. The van der Waals surface area contributed by atoms with E-state index in [1.165, 1.54) is 12.1 Å². The number of rotatable bonds is 4. The molecule has 0 amide bonds. The van der Waals surface area contributed by atoms with E-state index in [1.54, 1.807) is 12.1 Å². The van der Waals surface area contributed by atoms with Crippen molar-refractivity contribution in [2.24, 2.45) is 10.3 Å². The van der Waals surface area contributed by atoms with Crippen molar-refractivity contribution in [1.82, 2.24) is 5.01 Å². The molecule has 1 rings (SSSR count). The van der Waals surface area contributed by atoms with Crippen LogP contribution in [-0.2, 0) is 0 Å². The molecule has 4 heteroatoms. The minimum atomic E-state index is -0.261. The summed E-state index contributed by atoms with van der Waals surface area (Å²) < 4.78 is 12.7. The molecule has 0 aliphatic heterocycles. The Hall–Kier alpha value is -1.45. The van der Waals surface area contributed by atoms with Crippen LogP contribution in [0.5, 0.6) is 0 Å². The Morgan fingerprint density at radius 2 is 1.50 bits per heavy atom. The van der Waals surface area contributed by atoms with Gasteiger partial charge in [-0.05, 0) is 52.0 Å². The first-order valence-electron chi connectivity index (χ1n) is 5.46. The molecule has 1 aromatic carbocycles. The molecule has 0 unspecified atom stereocenters. The van der Waals surface area contributed by atoms with Gasteiger partial charge in [-0.25, -0.2) is 4.39 Å². The SMILES string of the molecule is CC(C)N(/N=N/c1ccc(F)cc1)C(C)C. The fourth-order valence-corrected chi connectivity index (χ4v) is 1.41. The predicted molar refractivity (Wildman–Crippen MR) is 63.0 cm³/mol. The Morgan fingerprint density at radius 3 is 1.94 bits per heavy atom. The largest absolute Gasteiger partial charge is 0.273 e. The summed E-state index contributed by atoms with van der Waals surface area (Å²) in [5.74, 6) is -0.261. The Balaban J connectivity index is 2.74. The first-order valence-corrected chi connectivity index (χ1v) is 5.46. The lowest BCUT2D eigenvalue weighted by molar-refractivity contribution is 0.169. The number of nitrogens with zero attached hydrogens (tertiary/aromatic N) is 3. The molecule has 0 aliphatic rings. The average molecular weight is 223 g/mol. The highest BCUT2D eigenvalue weighted by Crippen LogP contribution is 2.15. The Bertz CT molecular complexity index is 336. The Morgan fingerprint density at radius 1 is 1.00 bits per heavy atom. The van der Waals surface area contributed by atoms with Crippen LogP contribution >= 0.6 is 0 Å². The predicted octanol–water partition coefficient (Wildman–Crippen LogP) is 3.94. The van der Waals surface area contributed by atoms with E-state index in [1.807, 2.05) is 5.01 Å². The van der Waals surface area contributed by atoms with Gasteiger partial charge in [0.2, 0.25) is 0 Å². The molecule has 0 fully saturated rings. The standard InChI is InChI=1S/C12H18FN3/c1-9(2)16(10(3)4)15-14-12-7-5-11(13)6-8-12/h5-10H,1-4H3/b15-14+. The number of halogens is 1. The van der Waals surface area contributed by atoms with Crippen molar-refractivity contribution in [3.05, 3.63) is 30.1 Å². The molecule has 88 valence electrons. The molecule has 0 spiro atoms. The van der Waals surface area contributed by atoms with E-state index in [0.717, 1.165) is 0 Å². The second-order valence-electron chi connectivity index (χ2n) is 4.23. The van der Waals surface area contributed by atoms with Gasteiger partial charge < -0.3 is 0 Å². The van der Waals surface area contributed by atoms with Crippen LogP contribution < -0.4 is 0 Å². The van der Waals surface area contributed by atoms with Crippen molar-refractivity contribution in [3.8, 4) is 0 Å². The second kappa shape index (κ2) is 5.58. The van der Waals surface area contributed by atoms with Crippen LogP contribution in [0.1, 0.15) is 27.7 Å². The van der Waals surface area contributed by atoms with Gasteiger partial charge in [0.25, 0.3) is 0 Å². The number of hydrogen-bond acceptors (Lipinski definition) is 2. The van der Waals surface area contributed by atoms with Crippen LogP contribution in [0, 0.1) is 5.82 Å². The zero-order chi connectivity index (χ0) is 12.1. The summed E-state index contributed by atoms with van der Waals surface area (Å²) >= 11 is 0. The van der Waals surface area contributed by atoms with Gasteiger partial charge in [0.05, 0.1) is 5.69 Å². The zero-order valence-corrected chi connectivity index (χ0v) is 10.2. The highest BCUT2D eigenvalue weighted by atomic mass is 19.1. The molecular formula is C12H18FN3. The third kappa shape index (κ3) is 3.61. The summed E-state index contributed by atoms with van der Waals surface area (Å²) in [6.07, 6.45) is 0. The summed E-state index contributed by atoms with van der Waals surface area (Å²) in [6, 6.07) is 6.57. The van der Waals surface area contributed by atoms with Crippen LogP contribution in [0.3, 0.4) is 0 Å². The van der Waals surface area contributed by atoms with Crippen molar-refractivity contribution >= 4 is 5.69 Å². The van der Waals surface area contributed by atoms with E-state index in [0.29, 0.717) is 17.8 Å². The van der Waals surface area contributed by atoms with Gasteiger partial charge in [-0.1, -0.05) is 5.22 Å². The first-order chi connectivity index (χ1) is 7.50. The van der Waals surface area contributed by atoms with Gasteiger partial charge in [-0.2, -0.15) is 0 Å². The van der Waals surface area contributed by atoms with Crippen molar-refractivity contribution in [2.45, 2.75) is 39.8 Å². The van der Waals surface area contributed by atoms with Crippen molar-refractivity contribution in [2.75, 3.05) is 0 Å². The Labute approximate surface area is 96.0 Å². The van der Waals surface area contributed by atoms with Gasteiger partial charge in [0.1, 0.15) is 5.82 Å². The van der Waals surface area contributed by atoms with Gasteiger partial charge in [0.15, 0.2) is 0 Å². The quantitative estimate of drug-likeness (QED) is 0.561. The molecule has 0 bridgehead atoms. The topological polar surface area (TPSA) is 28.0 Å². The summed E-state index contributed by atoms with van der Waals surface area (Å²) in [6.45, 7) is 8.24. The molecule has 0 atom stereocenters. The van der Waals surface area contributed by atoms with Gasteiger partial charge in [-0.15, -0.1) is 5.11 Å². The highest BCUT2D eigenvalue weighted by Gasteiger charge is 2.10. The van der Waals surface area contributed by atoms with Crippen LogP contribution in [0.2, 0.25) is 0 Å². The summed E-state index contributed by atoms with van der Waals surface area (Å²) in [5.41, 5.74) is 0.660. The van der Waals surface area contributed by atoms with E-state index in [9.17, 15) is 4.39 Å². The molecule has 0 radical (unpaired) electrons. The fraction of sp³-hybridized carbons (Fsp3) is 0.500. The van der Waals surface area contributed by atoms with Crippen molar-refractivity contribution in [3.63, 3.8) is 0 Å². The van der Waals surface area contributed by atoms with Gasteiger partial charge >= 0.3 is 0 Å². The van der Waals surface area contributed by atoms with E-state index in [-0.39, 0.29) is 5.82 Å². The maximum atomic E-state index is 12.7. The fourth-order valence-electron chi connectivity index (χ4n) is 1.41. The summed E-state index contributed by atoms with van der Waals surface area (Å²) in [4.78, 5) is 0. The molecule has 0 saturated heterocycles. The minimum Gasteiger partial charge on any atom is -0.273 e. The lowest BCUT2D eigenvalue weighted by Crippen LogP contribution is -2.31. The molecule has 0 aromatic heterocycles. The number of hydrogen-bond donors (Lipinski definition) is 0. The molecular weight excluding hydrogens is 205 g/mol. The summed E-state index contributed by atoms with van der Waals surface area (Å²) in [5, 5.41) is 10.1. The van der Waals surface area contributed by atoms with Crippen molar-refractivity contribution in [1.29, 1.82) is 0 Å². The average Bonchev–Trinajstić information content (AvgIpc) is 2.20. The molecule has 0 aliphatic carbocycles. The van der Waals surface area contributed by atoms with Crippen LogP contribution in [0.4, 0.5) is 10.1 Å². The van der Waals surface area contributed by atoms with Crippen LogP contribution in [0.15, 0.2) is 34.6 Å². The highest BCUT2D eigenvalue weighted by molar-refractivity contribution is 5.35. The maximum absolute atomic E-state index is 12.7. The maximum Gasteiger partial charge on any atom is 0.123 e. The third-order valence-electron chi connectivity index (χ3n) is 2.15. The number of benzene rings is 1. The molecule has 0 heterocycles. The van der Waals surface area contributed by atoms with E-state index in [4.69, 9.17) is 0 Å². The first kappa shape index (κ1) is 12.6. The van der Waals surface area contributed by atoms with Gasteiger partial charge in [0, 0.05) is 12.1 Å². The molecule has 0 N–H and O–H groups in total. The third-order valence-corrected chi connectivity index (χ3v) is 2.15. The van der Waals surface area contributed by atoms with Gasteiger partial charge in [-0.3, -0.25) is 5.01 Å². The molecule has 3 nitrogen and oxygen atoms in total. The van der Waals surface area contributed by atoms with Crippen molar-refractivity contribution < 1.29 is 4.39 Å². The second-order valence-corrected chi connectivity index (χ2v) is 4.23. The minimum absolute atomic E-state index is 0.261. The van der Waals surface area contributed by atoms with E-state index in [2.05, 4.69) is 38.0 Å². The summed E-state index contributed by atoms with van der Waals surface area (Å²) in [7, 11) is 0. The van der Waals surface area contributed by atoms with E-state index < -0.39 is 0 Å².